The fourth-order valence-electron chi connectivity index (χ4n) is 10.6. The monoisotopic (exact) mass is 737 g/mol. The molecule has 4 aliphatic carbocycles. The van der Waals surface area contributed by atoms with E-state index < -0.39 is 50.8 Å². The van der Waals surface area contributed by atoms with E-state index in [4.69, 9.17) is 4.74 Å². The molecule has 0 radical (unpaired) electrons. The molecule has 8 N–H and O–H groups in total. The van der Waals surface area contributed by atoms with E-state index in [1.54, 1.807) is 0 Å². The van der Waals surface area contributed by atoms with E-state index in [0.717, 1.165) is 64.2 Å². The van der Waals surface area contributed by atoms with Crippen LogP contribution in [0.3, 0.4) is 0 Å². The van der Waals surface area contributed by atoms with Crippen LogP contribution in [-0.4, -0.2) is 76.7 Å². The Morgan fingerprint density at radius 1 is 0.878 bits per heavy atom. The van der Waals surface area contributed by atoms with Crippen molar-refractivity contribution in [1.29, 1.82) is 0 Å². The highest BCUT2D eigenvalue weighted by molar-refractivity contribution is 7.72. The molecule has 0 bridgehead atoms. The minimum Gasteiger partial charge on any atom is -0.462 e. The van der Waals surface area contributed by atoms with Gasteiger partial charge in [-0.25, -0.2) is 0 Å². The Bertz CT molecular complexity index is 1230. The molecule has 10 atom stereocenters. The second-order valence-corrected chi connectivity index (χ2v) is 20.2. The quantitative estimate of drug-likeness (QED) is 0.0620. The maximum atomic E-state index is 13.2. The lowest BCUT2D eigenvalue weighted by atomic mass is 9.44. The third kappa shape index (κ3) is 8.68. The standard InChI is InChI=1S/C34H61NO12P2/c1-4-5-6-7-9-28(37)26-11-10-24-23-21-29(27-20-22(36)14-17-33(27,3)25(23)15-18-32(24,26)2)47-31(39)13-12-30(38)35-19-8-16-34(40,48(41,42)43)49(44,45)46/h22-29,36-37,40H,4-21H2,1-3H3,(H,35,38)(H2,41,42,43)(H2,44,45,46)/t22-,23?,24?,25?,26+,27+,28-,29-,32-,33+/m0/s1. The summed E-state index contributed by atoms with van der Waals surface area (Å²) in [5.74, 6) is 0.411. The summed E-state index contributed by atoms with van der Waals surface area (Å²) in [6, 6.07) is 0. The molecule has 284 valence electrons. The van der Waals surface area contributed by atoms with Crippen LogP contribution in [0.4, 0.5) is 0 Å². The van der Waals surface area contributed by atoms with Gasteiger partial charge in [0.2, 0.25) is 5.91 Å². The van der Waals surface area contributed by atoms with Gasteiger partial charge in [0.25, 0.3) is 5.08 Å². The van der Waals surface area contributed by atoms with Crippen molar-refractivity contribution >= 4 is 27.1 Å². The normalized spacial score (nSPS) is 35.5. The first-order valence-electron chi connectivity index (χ1n) is 18.4. The number of unbranched alkanes of at least 4 members (excludes halogenated alkanes) is 3. The van der Waals surface area contributed by atoms with Crippen LogP contribution in [0.2, 0.25) is 0 Å². The van der Waals surface area contributed by atoms with Crippen LogP contribution in [0.5, 0.6) is 0 Å². The van der Waals surface area contributed by atoms with Gasteiger partial charge < -0.3 is 44.9 Å². The third-order valence-electron chi connectivity index (χ3n) is 13.3. The zero-order chi connectivity index (χ0) is 36.4. The average molecular weight is 738 g/mol. The van der Waals surface area contributed by atoms with E-state index in [1.807, 2.05) is 0 Å². The lowest BCUT2D eigenvalue weighted by Gasteiger charge is -2.62. The summed E-state index contributed by atoms with van der Waals surface area (Å²) in [5, 5.41) is 31.0. The van der Waals surface area contributed by atoms with E-state index in [9.17, 15) is 53.6 Å². The number of ether oxygens (including phenoxy) is 1. The van der Waals surface area contributed by atoms with Crippen LogP contribution >= 0.6 is 15.2 Å². The van der Waals surface area contributed by atoms with Crippen molar-refractivity contribution in [2.75, 3.05) is 6.54 Å². The number of rotatable bonds is 16. The number of fused-ring (bicyclic) bond motifs is 5. The molecule has 1 amide bonds. The fraction of sp³-hybridized carbons (Fsp3) is 0.941. The van der Waals surface area contributed by atoms with Crippen LogP contribution in [0.1, 0.15) is 130 Å². The van der Waals surface area contributed by atoms with Crippen LogP contribution in [0.15, 0.2) is 0 Å². The maximum absolute atomic E-state index is 13.2. The van der Waals surface area contributed by atoms with Gasteiger partial charge in [0.1, 0.15) is 6.10 Å². The predicted molar refractivity (Wildman–Crippen MR) is 182 cm³/mol. The maximum Gasteiger partial charge on any atom is 0.369 e. The number of hydrogen-bond acceptors (Lipinski definition) is 8. The first-order valence-corrected chi connectivity index (χ1v) is 21.7. The van der Waals surface area contributed by atoms with E-state index in [-0.39, 0.29) is 54.6 Å². The average Bonchev–Trinajstić information content (AvgIpc) is 3.37. The fourth-order valence-corrected chi connectivity index (χ4v) is 12.8. The van der Waals surface area contributed by atoms with Crippen LogP contribution < -0.4 is 5.32 Å². The van der Waals surface area contributed by atoms with Crippen molar-refractivity contribution in [2.24, 2.45) is 40.4 Å². The Morgan fingerprint density at radius 2 is 1.53 bits per heavy atom. The van der Waals surface area contributed by atoms with Crippen LogP contribution in [-0.2, 0) is 23.5 Å². The summed E-state index contributed by atoms with van der Waals surface area (Å²) < 4.78 is 29.2. The minimum absolute atomic E-state index is 0.00258. The highest BCUT2D eigenvalue weighted by Crippen LogP contribution is 2.70. The number of carbonyl (C=O) groups is 2. The van der Waals surface area contributed by atoms with Crippen LogP contribution in [0, 0.1) is 40.4 Å². The Kier molecular flexibility index (Phi) is 13.4. The molecule has 0 aromatic rings. The lowest BCUT2D eigenvalue weighted by Crippen LogP contribution is -2.59. The van der Waals surface area contributed by atoms with Crippen molar-refractivity contribution in [3.05, 3.63) is 0 Å². The number of esters is 1. The van der Waals surface area contributed by atoms with E-state index >= 15 is 0 Å². The lowest BCUT2D eigenvalue weighted by molar-refractivity contribution is -0.195. The molecule has 15 heteroatoms. The predicted octanol–water partition coefficient (Wildman–Crippen LogP) is 4.54. The van der Waals surface area contributed by atoms with Crippen molar-refractivity contribution in [2.45, 2.75) is 153 Å². The molecule has 3 unspecified atom stereocenters. The van der Waals surface area contributed by atoms with Crippen molar-refractivity contribution in [3.63, 3.8) is 0 Å². The molecule has 49 heavy (non-hydrogen) atoms. The molecule has 4 aliphatic rings. The van der Waals surface area contributed by atoms with Gasteiger partial charge in [-0.05, 0) is 98.7 Å². The second kappa shape index (κ2) is 16.0. The molecular weight excluding hydrogens is 676 g/mol. The number of carbonyl (C=O) groups excluding carboxylic acids is 2. The van der Waals surface area contributed by atoms with E-state index in [2.05, 4.69) is 26.1 Å². The zero-order valence-corrected chi connectivity index (χ0v) is 31.2. The van der Waals surface area contributed by atoms with Gasteiger partial charge in [-0.2, -0.15) is 0 Å². The Morgan fingerprint density at radius 3 is 2.18 bits per heavy atom. The Balaban J connectivity index is 1.36. The molecule has 4 saturated carbocycles. The van der Waals surface area contributed by atoms with Gasteiger partial charge in [0.15, 0.2) is 0 Å². The first kappa shape index (κ1) is 40.9. The van der Waals surface area contributed by atoms with E-state index in [1.165, 1.54) is 6.42 Å². The molecule has 0 aromatic carbocycles. The summed E-state index contributed by atoms with van der Waals surface area (Å²) >= 11 is 0. The van der Waals surface area contributed by atoms with Gasteiger partial charge in [-0.15, -0.1) is 0 Å². The van der Waals surface area contributed by atoms with Gasteiger partial charge in [0.05, 0.1) is 18.6 Å². The zero-order valence-electron chi connectivity index (χ0n) is 29.4. The van der Waals surface area contributed by atoms with Crippen molar-refractivity contribution in [3.8, 4) is 0 Å². The molecule has 0 saturated heterocycles. The summed E-state index contributed by atoms with van der Waals surface area (Å²) in [7, 11) is -11.2. The van der Waals surface area contributed by atoms with Crippen molar-refractivity contribution < 1.29 is 58.3 Å². The van der Waals surface area contributed by atoms with Gasteiger partial charge in [-0.1, -0.05) is 46.5 Å². The molecule has 0 aromatic heterocycles. The summed E-state index contributed by atoms with van der Waals surface area (Å²) in [4.78, 5) is 62.7. The molecule has 0 spiro atoms. The molecule has 0 aliphatic heterocycles. The molecule has 0 heterocycles. The van der Waals surface area contributed by atoms with Crippen LogP contribution in [0.25, 0.3) is 0 Å². The highest BCUT2D eigenvalue weighted by atomic mass is 31.2. The summed E-state index contributed by atoms with van der Waals surface area (Å²) in [6.45, 7) is 6.65. The van der Waals surface area contributed by atoms with Gasteiger partial charge in [-0.3, -0.25) is 18.7 Å². The molecule has 4 fully saturated rings. The minimum atomic E-state index is -5.58. The number of hydrogen-bond donors (Lipinski definition) is 8. The van der Waals surface area contributed by atoms with Gasteiger partial charge >= 0.3 is 21.2 Å². The first-order chi connectivity index (χ1) is 22.8. The summed E-state index contributed by atoms with van der Waals surface area (Å²) in [6.07, 6.45) is 9.61. The molecule has 4 rings (SSSR count). The Hall–Kier alpha value is -0.880. The summed E-state index contributed by atoms with van der Waals surface area (Å²) in [5.41, 5.74) is -0.0631. The van der Waals surface area contributed by atoms with Crippen molar-refractivity contribution in [1.82, 2.24) is 5.32 Å². The smallest absolute Gasteiger partial charge is 0.369 e. The number of aliphatic hydroxyl groups is 3. The van der Waals surface area contributed by atoms with E-state index in [0.29, 0.717) is 30.6 Å². The number of nitrogens with one attached hydrogen (secondary N) is 1. The third-order valence-corrected chi connectivity index (χ3v) is 17.2. The van der Waals surface area contributed by atoms with Gasteiger partial charge in [0, 0.05) is 25.3 Å². The SMILES string of the molecule is CCCCCC[C@H](O)[C@H]1CCC2C3C[C@H](OC(=O)CCC(=O)NCCCC(O)(P(=O)(O)O)P(=O)(O)O)[C@H]4C[C@@H](O)CC[C@]4(C)C3CC[C@@]21C. The second-order valence-electron chi connectivity index (χ2n) is 16.1. The topological polar surface area (TPSA) is 231 Å². The Labute approximate surface area is 290 Å². The largest absolute Gasteiger partial charge is 0.462 e. The number of aliphatic hydroxyl groups excluding tert-OH is 2. The highest BCUT2D eigenvalue weighted by Gasteiger charge is 2.63. The molecular formula is C34H61NO12P2. The molecule has 13 nitrogen and oxygen atoms in total. The number of amides is 1.